The number of aryl methyl sites for hydroxylation is 3. The molecule has 0 aliphatic carbocycles. The van der Waals surface area contributed by atoms with E-state index in [9.17, 15) is 14.0 Å². The largest absolute Gasteiger partial charge is 0.450 e. The van der Waals surface area contributed by atoms with Gasteiger partial charge in [0.1, 0.15) is 11.4 Å². The molecule has 0 bridgehead atoms. The molecule has 0 fully saturated rings. The molecule has 2 aromatic carbocycles. The fraction of sp³-hybridized carbons (Fsp3) is 0.208. The van der Waals surface area contributed by atoms with Gasteiger partial charge in [0.25, 0.3) is 5.91 Å². The second kappa shape index (κ2) is 7.13. The van der Waals surface area contributed by atoms with Crippen LogP contribution < -0.4 is 10.3 Å². The smallest absolute Gasteiger partial charge is 0.297 e. The van der Waals surface area contributed by atoms with Crippen LogP contribution in [0.25, 0.3) is 11.0 Å². The number of nitrogens with zero attached hydrogens (tertiary/aromatic N) is 2. The minimum absolute atomic E-state index is 0.0125. The first-order valence-corrected chi connectivity index (χ1v) is 10.8. The summed E-state index contributed by atoms with van der Waals surface area (Å²) in [6.07, 6.45) is 0.766. The molecule has 7 heteroatoms. The van der Waals surface area contributed by atoms with E-state index in [1.165, 1.54) is 28.4 Å². The monoisotopic (exact) mass is 434 g/mol. The number of hydrogen-bond donors (Lipinski definition) is 0. The normalized spacial score (nSPS) is 15.7. The van der Waals surface area contributed by atoms with Crippen molar-refractivity contribution in [2.75, 3.05) is 4.90 Å². The molecular formula is C24H19FN2O3S. The molecule has 3 heterocycles. The molecule has 31 heavy (non-hydrogen) atoms. The van der Waals surface area contributed by atoms with Crippen molar-refractivity contribution >= 4 is 33.3 Å². The SMILES string of the molecule is CCc1ccc2oc3c(c(=O)c2c1)C(c1cccc(F)c1)N(c1nc(C)c(C)s1)C3=O. The third kappa shape index (κ3) is 2.99. The van der Waals surface area contributed by atoms with Crippen molar-refractivity contribution in [1.29, 1.82) is 0 Å². The number of anilines is 1. The first-order valence-electron chi connectivity index (χ1n) is 10.0. The molecule has 0 radical (unpaired) electrons. The average molecular weight is 434 g/mol. The molecule has 1 atom stereocenters. The fourth-order valence-electron chi connectivity index (χ4n) is 3.99. The van der Waals surface area contributed by atoms with Crippen LogP contribution in [0.2, 0.25) is 0 Å². The summed E-state index contributed by atoms with van der Waals surface area (Å²) in [7, 11) is 0. The summed E-state index contributed by atoms with van der Waals surface area (Å²) in [6.45, 7) is 5.79. The Balaban J connectivity index is 1.82. The van der Waals surface area contributed by atoms with Gasteiger partial charge in [-0.05, 0) is 55.7 Å². The Morgan fingerprint density at radius 3 is 2.65 bits per heavy atom. The Labute approximate surface area is 181 Å². The molecule has 1 aliphatic heterocycles. The van der Waals surface area contributed by atoms with Crippen molar-refractivity contribution in [3.63, 3.8) is 0 Å². The van der Waals surface area contributed by atoms with Crippen LogP contribution in [0.1, 0.15) is 50.8 Å². The Hall–Kier alpha value is -3.32. The van der Waals surface area contributed by atoms with Crippen LogP contribution in [0.4, 0.5) is 9.52 Å². The number of benzene rings is 2. The quantitative estimate of drug-likeness (QED) is 0.438. The summed E-state index contributed by atoms with van der Waals surface area (Å²) in [6, 6.07) is 10.6. The second-order valence-corrected chi connectivity index (χ2v) is 8.81. The zero-order chi connectivity index (χ0) is 21.9. The summed E-state index contributed by atoms with van der Waals surface area (Å²) < 4.78 is 20.1. The third-order valence-corrected chi connectivity index (χ3v) is 6.80. The molecule has 0 spiro atoms. The van der Waals surface area contributed by atoms with Gasteiger partial charge >= 0.3 is 0 Å². The number of amides is 1. The van der Waals surface area contributed by atoms with E-state index in [0.717, 1.165) is 22.6 Å². The number of carbonyl (C=O) groups is 1. The standard InChI is InChI=1S/C24H19FN2O3S/c1-4-14-8-9-18-17(10-14)21(28)19-20(15-6-5-7-16(25)11-15)27(23(29)22(19)30-18)24-26-12(2)13(3)31-24/h5-11,20H,4H2,1-3H3. The van der Waals surface area contributed by atoms with E-state index in [2.05, 4.69) is 4.98 Å². The van der Waals surface area contributed by atoms with Crippen LogP contribution in [0, 0.1) is 19.7 Å². The molecular weight excluding hydrogens is 415 g/mol. The highest BCUT2D eigenvalue weighted by molar-refractivity contribution is 7.15. The molecule has 0 N–H and O–H groups in total. The molecule has 0 saturated heterocycles. The lowest BCUT2D eigenvalue weighted by Crippen LogP contribution is -2.29. The van der Waals surface area contributed by atoms with Crippen molar-refractivity contribution in [3.8, 4) is 0 Å². The van der Waals surface area contributed by atoms with Gasteiger partial charge in [0, 0.05) is 4.88 Å². The van der Waals surface area contributed by atoms with E-state index in [0.29, 0.717) is 21.7 Å². The van der Waals surface area contributed by atoms with Crippen LogP contribution in [0.5, 0.6) is 0 Å². The minimum Gasteiger partial charge on any atom is -0.450 e. The summed E-state index contributed by atoms with van der Waals surface area (Å²) in [4.78, 5) is 34.0. The Morgan fingerprint density at radius 2 is 1.97 bits per heavy atom. The van der Waals surface area contributed by atoms with Crippen molar-refractivity contribution in [1.82, 2.24) is 4.98 Å². The highest BCUT2D eigenvalue weighted by atomic mass is 32.1. The van der Waals surface area contributed by atoms with Crippen molar-refractivity contribution in [2.45, 2.75) is 33.2 Å². The summed E-state index contributed by atoms with van der Waals surface area (Å²) in [5.41, 5.74) is 2.60. The molecule has 5 nitrogen and oxygen atoms in total. The summed E-state index contributed by atoms with van der Waals surface area (Å²) >= 11 is 1.36. The molecule has 156 valence electrons. The number of halogens is 1. The first-order chi connectivity index (χ1) is 14.9. The molecule has 2 aromatic heterocycles. The second-order valence-electron chi connectivity index (χ2n) is 7.63. The first kappa shape index (κ1) is 19.6. The van der Waals surface area contributed by atoms with E-state index in [1.807, 2.05) is 26.8 Å². The zero-order valence-electron chi connectivity index (χ0n) is 17.2. The van der Waals surface area contributed by atoms with Gasteiger partial charge < -0.3 is 4.42 Å². The highest BCUT2D eigenvalue weighted by Gasteiger charge is 2.45. The Bertz CT molecular complexity index is 1400. The minimum atomic E-state index is -0.811. The van der Waals surface area contributed by atoms with Crippen LogP contribution >= 0.6 is 11.3 Å². The molecule has 1 aliphatic rings. The van der Waals surface area contributed by atoms with Gasteiger partial charge in [-0.15, -0.1) is 11.3 Å². The van der Waals surface area contributed by atoms with Crippen molar-refractivity contribution < 1.29 is 13.6 Å². The third-order valence-electron chi connectivity index (χ3n) is 5.73. The fourth-order valence-corrected chi connectivity index (χ4v) is 4.92. The van der Waals surface area contributed by atoms with E-state index < -0.39 is 17.8 Å². The average Bonchev–Trinajstić information content (AvgIpc) is 3.24. The number of carbonyl (C=O) groups excluding carboxylic acids is 1. The number of aromatic nitrogens is 1. The lowest BCUT2D eigenvalue weighted by molar-refractivity contribution is 0.0971. The molecule has 5 rings (SSSR count). The Morgan fingerprint density at radius 1 is 1.16 bits per heavy atom. The zero-order valence-corrected chi connectivity index (χ0v) is 18.0. The van der Waals surface area contributed by atoms with Crippen LogP contribution in [0.3, 0.4) is 0 Å². The van der Waals surface area contributed by atoms with Crippen molar-refractivity contribution in [3.05, 3.63) is 91.5 Å². The molecule has 1 unspecified atom stereocenters. The van der Waals surface area contributed by atoms with E-state index in [1.54, 1.807) is 24.3 Å². The van der Waals surface area contributed by atoms with E-state index in [-0.39, 0.29) is 16.8 Å². The van der Waals surface area contributed by atoms with Gasteiger partial charge in [0.05, 0.1) is 22.7 Å². The number of hydrogen-bond acceptors (Lipinski definition) is 5. The van der Waals surface area contributed by atoms with Gasteiger partial charge in [0.15, 0.2) is 10.6 Å². The van der Waals surface area contributed by atoms with Gasteiger partial charge in [-0.25, -0.2) is 9.37 Å². The van der Waals surface area contributed by atoms with Crippen LogP contribution in [0.15, 0.2) is 51.7 Å². The maximum absolute atomic E-state index is 14.1. The van der Waals surface area contributed by atoms with Gasteiger partial charge in [0.2, 0.25) is 5.76 Å². The van der Waals surface area contributed by atoms with Gasteiger partial charge in [-0.2, -0.15) is 0 Å². The number of thiazole rings is 1. The number of fused-ring (bicyclic) bond motifs is 2. The summed E-state index contributed by atoms with van der Waals surface area (Å²) in [5, 5.41) is 0.874. The number of rotatable bonds is 3. The van der Waals surface area contributed by atoms with Crippen molar-refractivity contribution in [2.24, 2.45) is 0 Å². The lowest BCUT2D eigenvalue weighted by Gasteiger charge is -2.22. The maximum Gasteiger partial charge on any atom is 0.297 e. The van der Waals surface area contributed by atoms with Gasteiger partial charge in [-0.3, -0.25) is 14.5 Å². The highest BCUT2D eigenvalue weighted by Crippen LogP contribution is 2.43. The predicted octanol–water partition coefficient (Wildman–Crippen LogP) is 5.32. The maximum atomic E-state index is 14.1. The molecule has 4 aromatic rings. The van der Waals surface area contributed by atoms with E-state index in [4.69, 9.17) is 4.42 Å². The molecule has 1 amide bonds. The summed E-state index contributed by atoms with van der Waals surface area (Å²) in [5.74, 6) is -0.901. The predicted molar refractivity (Wildman–Crippen MR) is 119 cm³/mol. The van der Waals surface area contributed by atoms with Crippen LogP contribution in [-0.2, 0) is 6.42 Å². The van der Waals surface area contributed by atoms with Gasteiger partial charge in [-0.1, -0.05) is 25.1 Å². The van der Waals surface area contributed by atoms with E-state index >= 15 is 0 Å². The topological polar surface area (TPSA) is 63.4 Å². The lowest BCUT2D eigenvalue weighted by atomic mass is 9.98. The van der Waals surface area contributed by atoms with Crippen LogP contribution in [-0.4, -0.2) is 10.9 Å². The Kier molecular flexibility index (Phi) is 4.51. The molecule has 0 saturated carbocycles.